The van der Waals surface area contributed by atoms with Gasteiger partial charge in [0, 0.05) is 36.1 Å². The van der Waals surface area contributed by atoms with Crippen molar-refractivity contribution < 1.29 is 18.8 Å². The van der Waals surface area contributed by atoms with Crippen molar-refractivity contribution in [1.82, 2.24) is 24.6 Å². The van der Waals surface area contributed by atoms with Gasteiger partial charge in [-0.15, -0.1) is 0 Å². The van der Waals surface area contributed by atoms with E-state index in [0.717, 1.165) is 46.3 Å². The van der Waals surface area contributed by atoms with Crippen LogP contribution in [-0.4, -0.2) is 36.5 Å². The third-order valence-corrected chi connectivity index (χ3v) is 6.39. The number of benzene rings is 1. The molecule has 10 heteroatoms. The van der Waals surface area contributed by atoms with E-state index in [-0.39, 0.29) is 11.9 Å². The van der Waals surface area contributed by atoms with E-state index in [1.165, 1.54) is 17.8 Å². The van der Waals surface area contributed by atoms with Gasteiger partial charge in [0.15, 0.2) is 5.82 Å². The van der Waals surface area contributed by atoms with Crippen molar-refractivity contribution in [2.45, 2.75) is 45.7 Å². The number of nitrogens with zero attached hydrogens (tertiary/aromatic N) is 5. The van der Waals surface area contributed by atoms with Crippen LogP contribution >= 0.6 is 0 Å². The Morgan fingerprint density at radius 1 is 1.18 bits per heavy atom. The first kappa shape index (κ1) is 20.4. The van der Waals surface area contributed by atoms with Crippen LogP contribution in [0.1, 0.15) is 48.3 Å². The Hall–Kier alpha value is -4.21. The molecule has 6 rings (SSSR count). The number of amides is 2. The molecular weight excluding hydrogens is 436 g/mol. The number of fused-ring (bicyclic) bond motifs is 2. The van der Waals surface area contributed by atoms with Gasteiger partial charge in [0.25, 0.3) is 0 Å². The van der Waals surface area contributed by atoms with Gasteiger partial charge in [0.05, 0.1) is 29.9 Å². The lowest BCUT2D eigenvalue weighted by molar-refractivity contribution is -0.129. The fourth-order valence-corrected chi connectivity index (χ4v) is 4.28. The molecule has 10 nitrogen and oxygen atoms in total. The van der Waals surface area contributed by atoms with Crippen LogP contribution in [0, 0.1) is 6.92 Å². The van der Waals surface area contributed by atoms with Crippen LogP contribution in [0.25, 0.3) is 10.9 Å². The number of ether oxygens (including phenoxy) is 1. The Labute approximate surface area is 194 Å². The van der Waals surface area contributed by atoms with Gasteiger partial charge >= 0.3 is 6.03 Å². The number of hydrogen-bond donors (Lipinski definition) is 1. The molecule has 0 spiro atoms. The molecule has 2 amide bonds. The molecule has 3 aromatic heterocycles. The maximum absolute atomic E-state index is 12.9. The summed E-state index contributed by atoms with van der Waals surface area (Å²) in [5.41, 5.74) is 3.21. The molecule has 1 saturated carbocycles. The molecule has 34 heavy (non-hydrogen) atoms. The van der Waals surface area contributed by atoms with Gasteiger partial charge < -0.3 is 14.2 Å². The van der Waals surface area contributed by atoms with Crippen molar-refractivity contribution in [3.8, 4) is 11.6 Å². The lowest BCUT2D eigenvalue weighted by atomic mass is 10.1. The average Bonchev–Trinajstić information content (AvgIpc) is 3.22. The topological polar surface area (TPSA) is 115 Å². The quantitative estimate of drug-likeness (QED) is 0.484. The lowest BCUT2D eigenvalue weighted by Crippen LogP contribution is -2.21. The van der Waals surface area contributed by atoms with Gasteiger partial charge in [-0.2, -0.15) is 0 Å². The number of rotatable bonds is 4. The third-order valence-electron chi connectivity index (χ3n) is 6.39. The molecule has 1 N–H and O–H groups in total. The molecule has 1 aliphatic heterocycles. The van der Waals surface area contributed by atoms with Gasteiger partial charge in [0.1, 0.15) is 17.8 Å². The first-order chi connectivity index (χ1) is 16.5. The second kappa shape index (κ2) is 7.68. The molecule has 0 bridgehead atoms. The van der Waals surface area contributed by atoms with Crippen molar-refractivity contribution in [2.24, 2.45) is 0 Å². The van der Waals surface area contributed by atoms with Crippen molar-refractivity contribution in [1.29, 1.82) is 0 Å². The van der Waals surface area contributed by atoms with Crippen LogP contribution in [0.15, 0.2) is 41.3 Å². The van der Waals surface area contributed by atoms with Crippen LogP contribution in [0.5, 0.6) is 11.6 Å². The van der Waals surface area contributed by atoms with Gasteiger partial charge in [-0.1, -0.05) is 5.16 Å². The minimum absolute atomic E-state index is 0.0180. The smallest absolute Gasteiger partial charge is 0.331 e. The minimum atomic E-state index is -0.323. The zero-order valence-electron chi connectivity index (χ0n) is 18.7. The van der Waals surface area contributed by atoms with Crippen molar-refractivity contribution in [2.75, 3.05) is 5.32 Å². The number of nitrogens with one attached hydrogen (secondary N) is 1. The summed E-state index contributed by atoms with van der Waals surface area (Å²) in [7, 11) is 0. The zero-order valence-corrected chi connectivity index (χ0v) is 18.7. The van der Waals surface area contributed by atoms with E-state index in [2.05, 4.69) is 20.4 Å². The average molecular weight is 458 g/mol. The van der Waals surface area contributed by atoms with Crippen LogP contribution in [0.2, 0.25) is 0 Å². The highest BCUT2D eigenvalue weighted by Crippen LogP contribution is 2.41. The molecule has 1 aromatic carbocycles. The summed E-state index contributed by atoms with van der Waals surface area (Å²) in [5, 5.41) is 7.62. The summed E-state index contributed by atoms with van der Waals surface area (Å²) in [6.45, 7) is 4.34. The molecule has 0 saturated heterocycles. The Morgan fingerprint density at radius 3 is 2.82 bits per heavy atom. The minimum Gasteiger partial charge on any atom is -0.438 e. The summed E-state index contributed by atoms with van der Waals surface area (Å²) in [5.74, 6) is 2.68. The Morgan fingerprint density at radius 2 is 2.03 bits per heavy atom. The normalized spacial score (nSPS) is 14.9. The molecule has 4 heterocycles. The standard InChI is InChI=1S/C24H22N6O4/c1-13-16-7-8-30(24(32)27-22-9-21(34-28-22)15-3-4-15)19(16)5-6-20(13)33-23-17-10-29(14(2)31)11-18(17)25-12-26-23/h5-9,12,15H,3-4,10-11H2,1-2H3,(H,27,28,32). The van der Waals surface area contributed by atoms with Gasteiger partial charge in [-0.3, -0.25) is 14.7 Å². The lowest BCUT2D eigenvalue weighted by Gasteiger charge is -2.13. The van der Waals surface area contributed by atoms with Crippen LogP contribution in [0.3, 0.4) is 0 Å². The molecule has 0 radical (unpaired) electrons. The molecule has 2 aliphatic rings. The zero-order chi connectivity index (χ0) is 23.4. The summed E-state index contributed by atoms with van der Waals surface area (Å²) < 4.78 is 13.0. The number of anilines is 1. The fraction of sp³-hybridized carbons (Fsp3) is 0.292. The predicted octanol–water partition coefficient (Wildman–Crippen LogP) is 4.34. The van der Waals surface area contributed by atoms with E-state index >= 15 is 0 Å². The molecule has 172 valence electrons. The summed E-state index contributed by atoms with van der Waals surface area (Å²) in [4.78, 5) is 35.0. The van der Waals surface area contributed by atoms with Crippen LogP contribution in [0.4, 0.5) is 10.6 Å². The number of carbonyl (C=O) groups is 2. The maximum atomic E-state index is 12.9. The van der Waals surface area contributed by atoms with Crippen LogP contribution in [-0.2, 0) is 17.9 Å². The predicted molar refractivity (Wildman–Crippen MR) is 122 cm³/mol. The number of aromatic nitrogens is 4. The number of hydrogen-bond acceptors (Lipinski definition) is 7. The monoisotopic (exact) mass is 458 g/mol. The Balaban J connectivity index is 1.25. The fourth-order valence-electron chi connectivity index (χ4n) is 4.28. The van der Waals surface area contributed by atoms with Crippen molar-refractivity contribution >= 4 is 28.7 Å². The highest BCUT2D eigenvalue weighted by molar-refractivity contribution is 5.99. The highest BCUT2D eigenvalue weighted by atomic mass is 16.5. The summed E-state index contributed by atoms with van der Waals surface area (Å²) in [6, 6.07) is 6.98. The highest BCUT2D eigenvalue weighted by Gasteiger charge is 2.29. The molecule has 4 aromatic rings. The molecule has 0 unspecified atom stereocenters. The molecule has 1 aliphatic carbocycles. The summed E-state index contributed by atoms with van der Waals surface area (Å²) >= 11 is 0. The van der Waals surface area contributed by atoms with E-state index in [1.54, 1.807) is 17.2 Å². The second-order valence-corrected chi connectivity index (χ2v) is 8.71. The molecular formula is C24H22N6O4. The van der Waals surface area contributed by atoms with Crippen molar-refractivity contribution in [3.63, 3.8) is 0 Å². The number of aryl methyl sites for hydroxylation is 1. The van der Waals surface area contributed by atoms with E-state index in [0.29, 0.717) is 36.5 Å². The van der Waals surface area contributed by atoms with Crippen LogP contribution < -0.4 is 10.1 Å². The molecule has 1 fully saturated rings. The SMILES string of the molecule is CC(=O)N1Cc2ncnc(Oc3ccc4c(ccn4C(=O)Nc4cc(C5CC5)on4)c3C)c2C1. The third kappa shape index (κ3) is 3.47. The van der Waals surface area contributed by atoms with Gasteiger partial charge in [0.2, 0.25) is 11.8 Å². The second-order valence-electron chi connectivity index (χ2n) is 8.71. The van der Waals surface area contributed by atoms with Gasteiger partial charge in [-0.05, 0) is 38.0 Å². The molecule has 0 atom stereocenters. The van der Waals surface area contributed by atoms with E-state index in [4.69, 9.17) is 9.26 Å². The maximum Gasteiger partial charge on any atom is 0.331 e. The van der Waals surface area contributed by atoms with Gasteiger partial charge in [-0.25, -0.2) is 14.8 Å². The largest absolute Gasteiger partial charge is 0.438 e. The Bertz CT molecular complexity index is 1450. The number of carbonyl (C=O) groups excluding carboxylic acids is 2. The van der Waals surface area contributed by atoms with E-state index in [1.807, 2.05) is 25.1 Å². The first-order valence-electron chi connectivity index (χ1n) is 11.1. The first-order valence-corrected chi connectivity index (χ1v) is 11.1. The van der Waals surface area contributed by atoms with E-state index in [9.17, 15) is 9.59 Å². The Kier molecular flexibility index (Phi) is 4.61. The van der Waals surface area contributed by atoms with Crippen molar-refractivity contribution in [3.05, 3.63) is 59.4 Å². The van der Waals surface area contributed by atoms with E-state index < -0.39 is 0 Å². The summed E-state index contributed by atoms with van der Waals surface area (Å²) in [6.07, 6.45) is 5.36.